The molecule has 7 nitrogen and oxygen atoms in total. The van der Waals surface area contributed by atoms with E-state index in [0.29, 0.717) is 52.6 Å². The van der Waals surface area contributed by atoms with E-state index in [0.717, 1.165) is 12.4 Å². The van der Waals surface area contributed by atoms with Crippen LogP contribution >= 0.6 is 0 Å². The number of hydrogen-bond donors (Lipinski definition) is 0. The van der Waals surface area contributed by atoms with Crippen molar-refractivity contribution in [2.75, 3.05) is 46.1 Å². The fourth-order valence-corrected chi connectivity index (χ4v) is 3.06. The van der Waals surface area contributed by atoms with Crippen molar-refractivity contribution in [2.45, 2.75) is 13.1 Å². The maximum Gasteiger partial charge on any atom is 0.320 e. The van der Waals surface area contributed by atoms with Crippen LogP contribution in [-0.2, 0) is 22.6 Å². The second kappa shape index (κ2) is 7.61. The van der Waals surface area contributed by atoms with E-state index in [1.54, 1.807) is 12.3 Å². The third kappa shape index (κ3) is 3.92. The Balaban J connectivity index is 1.70. The highest BCUT2D eigenvalue weighted by atomic mass is 16.5. The van der Waals surface area contributed by atoms with Gasteiger partial charge in [-0.15, -0.1) is 6.58 Å². The average molecular weight is 320 g/mol. The molecule has 3 heterocycles. The molecule has 2 aliphatic rings. The molecule has 7 heteroatoms. The van der Waals surface area contributed by atoms with E-state index in [1.165, 1.54) is 0 Å². The first-order valence-corrected chi connectivity index (χ1v) is 8.08. The quantitative estimate of drug-likeness (QED) is 0.613. The van der Waals surface area contributed by atoms with Gasteiger partial charge in [-0.25, -0.2) is 9.78 Å². The molecule has 1 fully saturated rings. The zero-order valence-electron chi connectivity index (χ0n) is 13.4. The molecule has 1 aromatic heterocycles. The van der Waals surface area contributed by atoms with Gasteiger partial charge in [-0.2, -0.15) is 0 Å². The van der Waals surface area contributed by atoms with Gasteiger partial charge in [0, 0.05) is 44.5 Å². The number of nitrogens with zero attached hydrogens (tertiary/aromatic N) is 4. The fraction of sp³-hybridized carbons (Fsp3) is 0.625. The highest BCUT2D eigenvalue weighted by Crippen LogP contribution is 2.18. The van der Waals surface area contributed by atoms with Gasteiger partial charge in [-0.05, 0) is 0 Å². The number of hydrogen-bond acceptors (Lipinski definition) is 4. The summed E-state index contributed by atoms with van der Waals surface area (Å²) in [4.78, 5) is 21.0. The number of fused-ring (bicyclic) bond motifs is 1. The third-order valence-electron chi connectivity index (χ3n) is 4.21. The van der Waals surface area contributed by atoms with Gasteiger partial charge in [0.1, 0.15) is 5.82 Å². The zero-order valence-corrected chi connectivity index (χ0v) is 13.4. The Hall–Kier alpha value is -1.86. The lowest BCUT2D eigenvalue weighted by molar-refractivity contribution is 0.0386. The van der Waals surface area contributed by atoms with Gasteiger partial charge in [0.2, 0.25) is 0 Å². The van der Waals surface area contributed by atoms with Crippen LogP contribution in [0.15, 0.2) is 25.0 Å². The minimum Gasteiger partial charge on any atom is -0.378 e. The van der Waals surface area contributed by atoms with Crippen molar-refractivity contribution in [2.24, 2.45) is 5.92 Å². The largest absolute Gasteiger partial charge is 0.378 e. The van der Waals surface area contributed by atoms with Crippen molar-refractivity contribution in [1.29, 1.82) is 0 Å². The van der Waals surface area contributed by atoms with E-state index in [4.69, 9.17) is 9.47 Å². The van der Waals surface area contributed by atoms with Gasteiger partial charge in [0.05, 0.1) is 33.0 Å². The van der Waals surface area contributed by atoms with Gasteiger partial charge in [0.25, 0.3) is 0 Å². The van der Waals surface area contributed by atoms with E-state index in [-0.39, 0.29) is 11.9 Å². The first-order valence-electron chi connectivity index (χ1n) is 8.08. The predicted octanol–water partition coefficient (Wildman–Crippen LogP) is 0.970. The summed E-state index contributed by atoms with van der Waals surface area (Å²) in [5, 5.41) is 0. The fourth-order valence-electron chi connectivity index (χ4n) is 3.06. The van der Waals surface area contributed by atoms with E-state index in [1.807, 2.05) is 16.0 Å². The van der Waals surface area contributed by atoms with Crippen molar-refractivity contribution in [3.05, 3.63) is 30.9 Å². The standard InChI is InChI=1S/C16H24N4O3/c1-2-7-23-13-14-10-19-4-3-17-15(19)12-20(11-14)16(21)18-5-8-22-9-6-18/h2-4,14H,1,5-13H2/t14-/m0/s1. The number of aromatic nitrogens is 2. The first kappa shape index (κ1) is 16.0. The van der Waals surface area contributed by atoms with Gasteiger partial charge >= 0.3 is 6.03 Å². The molecular formula is C16H24N4O3. The van der Waals surface area contributed by atoms with Crippen LogP contribution in [0.3, 0.4) is 0 Å². The van der Waals surface area contributed by atoms with E-state index in [9.17, 15) is 4.79 Å². The lowest BCUT2D eigenvalue weighted by atomic mass is 10.1. The molecule has 0 unspecified atom stereocenters. The number of carbonyl (C=O) groups excluding carboxylic acids is 1. The number of ether oxygens (including phenoxy) is 2. The summed E-state index contributed by atoms with van der Waals surface area (Å²) in [5.74, 6) is 1.17. The van der Waals surface area contributed by atoms with Crippen LogP contribution in [0.1, 0.15) is 5.82 Å². The van der Waals surface area contributed by atoms with Crippen LogP contribution in [0.2, 0.25) is 0 Å². The summed E-state index contributed by atoms with van der Waals surface area (Å²) in [7, 11) is 0. The Bertz CT molecular complexity index is 539. The summed E-state index contributed by atoms with van der Waals surface area (Å²) in [6.45, 7) is 9.38. The second-order valence-electron chi connectivity index (χ2n) is 5.95. The van der Waals surface area contributed by atoms with Crippen LogP contribution in [0.4, 0.5) is 4.79 Å². The summed E-state index contributed by atoms with van der Waals surface area (Å²) in [6, 6.07) is 0.0680. The molecule has 1 atom stereocenters. The molecule has 126 valence electrons. The Kier molecular flexibility index (Phi) is 5.30. The molecule has 0 saturated carbocycles. The molecule has 0 radical (unpaired) electrons. The molecule has 2 amide bonds. The third-order valence-corrected chi connectivity index (χ3v) is 4.21. The molecule has 23 heavy (non-hydrogen) atoms. The summed E-state index contributed by atoms with van der Waals surface area (Å²) in [5.41, 5.74) is 0. The van der Waals surface area contributed by atoms with Crippen molar-refractivity contribution in [1.82, 2.24) is 19.4 Å². The van der Waals surface area contributed by atoms with Gasteiger partial charge in [-0.1, -0.05) is 6.08 Å². The summed E-state index contributed by atoms with van der Waals surface area (Å²) < 4.78 is 13.1. The summed E-state index contributed by atoms with van der Waals surface area (Å²) >= 11 is 0. The molecule has 1 aromatic rings. The molecule has 0 aliphatic carbocycles. The van der Waals surface area contributed by atoms with Gasteiger partial charge in [0.15, 0.2) is 0 Å². The lowest BCUT2D eigenvalue weighted by Gasteiger charge is -2.33. The van der Waals surface area contributed by atoms with Crippen LogP contribution in [0, 0.1) is 5.92 Å². The average Bonchev–Trinajstić information content (AvgIpc) is 2.94. The molecule has 3 rings (SSSR count). The number of urea groups is 1. The normalized spacial score (nSPS) is 21.7. The Morgan fingerprint density at radius 1 is 1.39 bits per heavy atom. The number of amides is 2. The van der Waals surface area contributed by atoms with Crippen molar-refractivity contribution < 1.29 is 14.3 Å². The van der Waals surface area contributed by atoms with Gasteiger partial charge < -0.3 is 23.8 Å². The Morgan fingerprint density at radius 2 is 2.22 bits per heavy atom. The number of rotatable bonds is 4. The highest BCUT2D eigenvalue weighted by Gasteiger charge is 2.29. The minimum atomic E-state index is 0.0680. The maximum atomic E-state index is 12.8. The topological polar surface area (TPSA) is 59.8 Å². The van der Waals surface area contributed by atoms with Crippen LogP contribution in [0.25, 0.3) is 0 Å². The minimum absolute atomic E-state index is 0.0680. The van der Waals surface area contributed by atoms with Gasteiger partial charge in [-0.3, -0.25) is 0 Å². The predicted molar refractivity (Wildman–Crippen MR) is 84.9 cm³/mol. The summed E-state index contributed by atoms with van der Waals surface area (Å²) in [6.07, 6.45) is 5.51. The molecule has 0 spiro atoms. The van der Waals surface area contributed by atoms with Crippen LogP contribution in [-0.4, -0.2) is 71.4 Å². The van der Waals surface area contributed by atoms with E-state index in [2.05, 4.69) is 16.1 Å². The van der Waals surface area contributed by atoms with Crippen molar-refractivity contribution >= 4 is 6.03 Å². The Labute approximate surface area is 136 Å². The molecule has 2 aliphatic heterocycles. The molecule has 1 saturated heterocycles. The molecule has 0 aromatic carbocycles. The van der Waals surface area contributed by atoms with E-state index < -0.39 is 0 Å². The van der Waals surface area contributed by atoms with Crippen LogP contribution < -0.4 is 0 Å². The molecule has 0 bridgehead atoms. The number of imidazole rings is 1. The first-order chi connectivity index (χ1) is 11.3. The number of morpholine rings is 1. The van der Waals surface area contributed by atoms with Crippen molar-refractivity contribution in [3.8, 4) is 0 Å². The number of carbonyl (C=O) groups is 1. The zero-order chi connectivity index (χ0) is 16.1. The van der Waals surface area contributed by atoms with Crippen molar-refractivity contribution in [3.63, 3.8) is 0 Å². The SMILES string of the molecule is C=CCOC[C@@H]1CN(C(=O)N2CCOCC2)Cc2nccn2C1. The second-order valence-corrected chi connectivity index (χ2v) is 5.95. The maximum absolute atomic E-state index is 12.8. The molecule has 0 N–H and O–H groups in total. The highest BCUT2D eigenvalue weighted by molar-refractivity contribution is 5.74. The van der Waals surface area contributed by atoms with Crippen LogP contribution in [0.5, 0.6) is 0 Å². The monoisotopic (exact) mass is 320 g/mol. The molecular weight excluding hydrogens is 296 g/mol. The Morgan fingerprint density at radius 3 is 3.00 bits per heavy atom. The lowest BCUT2D eigenvalue weighted by Crippen LogP contribution is -2.49. The van der Waals surface area contributed by atoms with E-state index >= 15 is 0 Å². The smallest absolute Gasteiger partial charge is 0.320 e.